The molecule has 3 aromatic rings. The zero-order valence-corrected chi connectivity index (χ0v) is 22.3. The molecule has 198 valence electrons. The lowest BCUT2D eigenvalue weighted by Gasteiger charge is -2.46. The number of anilines is 2. The summed E-state index contributed by atoms with van der Waals surface area (Å²) < 4.78 is 2.15. The van der Waals surface area contributed by atoms with Crippen molar-refractivity contribution in [2.24, 2.45) is 11.3 Å². The van der Waals surface area contributed by atoms with Gasteiger partial charge in [-0.1, -0.05) is 38.0 Å². The Balaban J connectivity index is 1.16. The molecule has 0 atom stereocenters. The van der Waals surface area contributed by atoms with E-state index in [9.17, 15) is 14.4 Å². The van der Waals surface area contributed by atoms with Gasteiger partial charge in [-0.25, -0.2) is 4.98 Å². The Hall–Kier alpha value is -3.46. The summed E-state index contributed by atoms with van der Waals surface area (Å²) in [5.74, 6) is 0.420. The van der Waals surface area contributed by atoms with E-state index in [-0.39, 0.29) is 35.1 Å². The molecule has 1 spiro atoms. The van der Waals surface area contributed by atoms with E-state index in [0.29, 0.717) is 15.8 Å². The van der Waals surface area contributed by atoms with Crippen molar-refractivity contribution in [3.63, 3.8) is 0 Å². The number of nitrogens with one attached hydrogen (secondary N) is 2. The van der Waals surface area contributed by atoms with Crippen molar-refractivity contribution in [1.29, 1.82) is 0 Å². The van der Waals surface area contributed by atoms with Crippen molar-refractivity contribution in [3.8, 4) is 0 Å². The van der Waals surface area contributed by atoms with Crippen LogP contribution >= 0.6 is 11.3 Å². The molecule has 8 nitrogen and oxygen atoms in total. The van der Waals surface area contributed by atoms with Crippen LogP contribution in [-0.2, 0) is 9.59 Å². The Kier molecular flexibility index (Phi) is 6.55. The minimum absolute atomic E-state index is 0.00314. The van der Waals surface area contributed by atoms with Crippen LogP contribution in [0.5, 0.6) is 0 Å². The Bertz CT molecular complexity index is 1400. The summed E-state index contributed by atoms with van der Waals surface area (Å²) in [6.45, 7) is 5.15. The van der Waals surface area contributed by atoms with Crippen LogP contribution in [0.15, 0.2) is 49.1 Å². The van der Waals surface area contributed by atoms with Gasteiger partial charge in [-0.2, -0.15) is 0 Å². The van der Waals surface area contributed by atoms with E-state index >= 15 is 0 Å². The normalized spacial score (nSPS) is 23.4. The molecule has 1 aromatic carbocycles. The van der Waals surface area contributed by atoms with Crippen molar-refractivity contribution in [2.45, 2.75) is 57.4 Å². The maximum Gasteiger partial charge on any atom is 0.268 e. The van der Waals surface area contributed by atoms with Crippen LogP contribution in [0.4, 0.5) is 10.9 Å². The van der Waals surface area contributed by atoms with Gasteiger partial charge in [0.15, 0.2) is 0 Å². The molecule has 1 aliphatic heterocycles. The average molecular weight is 532 g/mol. The first-order chi connectivity index (χ1) is 18.4. The molecule has 1 saturated heterocycles. The largest absolute Gasteiger partial charge is 0.339 e. The van der Waals surface area contributed by atoms with E-state index < -0.39 is 0 Å². The Morgan fingerprint density at radius 2 is 1.84 bits per heavy atom. The summed E-state index contributed by atoms with van der Waals surface area (Å²) in [6, 6.07) is 11.7. The van der Waals surface area contributed by atoms with E-state index in [1.54, 1.807) is 12.1 Å². The second-order valence-corrected chi connectivity index (χ2v) is 12.1. The molecule has 0 bridgehead atoms. The number of amides is 3. The van der Waals surface area contributed by atoms with Gasteiger partial charge in [0.25, 0.3) is 5.91 Å². The number of para-hydroxylation sites is 2. The number of thiophene rings is 1. The molecule has 9 heteroatoms. The molecule has 0 unspecified atom stereocenters. The fourth-order valence-electron chi connectivity index (χ4n) is 6.49. The highest BCUT2D eigenvalue weighted by Gasteiger charge is 2.50. The zero-order chi connectivity index (χ0) is 26.3. The van der Waals surface area contributed by atoms with Crippen molar-refractivity contribution < 1.29 is 14.4 Å². The third kappa shape index (κ3) is 4.64. The van der Waals surface area contributed by atoms with Gasteiger partial charge in [0, 0.05) is 25.0 Å². The van der Waals surface area contributed by atoms with Gasteiger partial charge in [0.05, 0.1) is 20.9 Å². The number of fused-ring (bicyclic) bond motifs is 1. The predicted molar refractivity (Wildman–Crippen MR) is 149 cm³/mol. The minimum atomic E-state index is -0.234. The lowest BCUT2D eigenvalue weighted by Crippen LogP contribution is -2.42. The number of nitrogens with zero attached hydrogens (tertiary/aromatic N) is 3. The standard InChI is InChI=1S/C29H33N5O3S/c1-2-25(35)33-15-14-29(18-33)16-20(17-29)34-22-11-7-6-10-21(22)30-28(34)32-27(37)23-12-13-24(38-23)31-26(36)19-8-4-3-5-9-19/h2,6-7,10-13,19-20H,1,3-5,8-9,14-18H2,(H,31,36)(H,30,32,37). The number of imidazole rings is 1. The van der Waals surface area contributed by atoms with E-state index in [1.165, 1.54) is 23.8 Å². The SMILES string of the molecule is C=CC(=O)N1CCC2(CC(n3c(NC(=O)c4ccc(NC(=O)C5CCCCC5)s4)nc4ccccc43)C2)C1. The number of hydrogen-bond donors (Lipinski definition) is 2. The number of carbonyl (C=O) groups excluding carboxylic acids is 3. The number of benzene rings is 1. The van der Waals surface area contributed by atoms with E-state index in [2.05, 4.69) is 21.8 Å². The monoisotopic (exact) mass is 531 g/mol. The fourth-order valence-corrected chi connectivity index (χ4v) is 7.29. The first-order valence-corrected chi connectivity index (χ1v) is 14.4. The van der Waals surface area contributed by atoms with Gasteiger partial charge in [-0.3, -0.25) is 19.7 Å². The molecule has 38 heavy (non-hydrogen) atoms. The first kappa shape index (κ1) is 24.9. The fraction of sp³-hybridized carbons (Fsp3) is 0.448. The third-order valence-corrected chi connectivity index (χ3v) is 9.50. The Labute approximate surface area is 226 Å². The molecule has 2 saturated carbocycles. The summed E-state index contributed by atoms with van der Waals surface area (Å²) in [5.41, 5.74) is 1.95. The van der Waals surface area contributed by atoms with Crippen molar-refractivity contribution >= 4 is 51.0 Å². The minimum Gasteiger partial charge on any atom is -0.339 e. The number of rotatable bonds is 6. The second-order valence-electron chi connectivity index (χ2n) is 11.0. The van der Waals surface area contributed by atoms with Crippen LogP contribution in [0.1, 0.15) is 67.1 Å². The summed E-state index contributed by atoms with van der Waals surface area (Å²) in [4.78, 5) is 45.2. The molecule has 2 aliphatic carbocycles. The highest BCUT2D eigenvalue weighted by atomic mass is 32.1. The molecular formula is C29H33N5O3S. The van der Waals surface area contributed by atoms with E-state index in [0.717, 1.165) is 69.1 Å². The number of carbonyl (C=O) groups is 3. The number of likely N-dealkylation sites (tertiary alicyclic amines) is 1. The molecule has 3 aliphatic rings. The van der Waals surface area contributed by atoms with Gasteiger partial charge in [0.1, 0.15) is 0 Å². The molecule has 0 radical (unpaired) electrons. The van der Waals surface area contributed by atoms with E-state index in [1.807, 2.05) is 29.2 Å². The maximum atomic E-state index is 13.3. The van der Waals surface area contributed by atoms with Gasteiger partial charge >= 0.3 is 0 Å². The van der Waals surface area contributed by atoms with E-state index in [4.69, 9.17) is 4.98 Å². The zero-order valence-electron chi connectivity index (χ0n) is 21.4. The first-order valence-electron chi connectivity index (χ1n) is 13.6. The molecule has 3 fully saturated rings. The number of aromatic nitrogens is 2. The van der Waals surface area contributed by atoms with Crippen LogP contribution in [0, 0.1) is 11.3 Å². The lowest BCUT2D eigenvalue weighted by atomic mass is 9.65. The summed E-state index contributed by atoms with van der Waals surface area (Å²) in [6.07, 6.45) is 9.53. The van der Waals surface area contributed by atoms with Crippen LogP contribution in [0.3, 0.4) is 0 Å². The van der Waals surface area contributed by atoms with Crippen molar-refractivity contribution in [2.75, 3.05) is 23.7 Å². The van der Waals surface area contributed by atoms with Crippen molar-refractivity contribution in [1.82, 2.24) is 14.5 Å². The summed E-state index contributed by atoms with van der Waals surface area (Å²) in [7, 11) is 0. The molecule has 2 N–H and O–H groups in total. The predicted octanol–water partition coefficient (Wildman–Crippen LogP) is 5.61. The van der Waals surface area contributed by atoms with Gasteiger partial charge in [-0.15, -0.1) is 11.3 Å². The molecule has 6 rings (SSSR count). The average Bonchev–Trinajstić information content (AvgIpc) is 3.65. The Morgan fingerprint density at radius 3 is 2.63 bits per heavy atom. The molecule has 3 amide bonds. The second kappa shape index (κ2) is 10.0. The summed E-state index contributed by atoms with van der Waals surface area (Å²) in [5, 5.41) is 6.75. The van der Waals surface area contributed by atoms with Crippen LogP contribution < -0.4 is 10.6 Å². The highest BCUT2D eigenvalue weighted by molar-refractivity contribution is 7.18. The third-order valence-electron chi connectivity index (χ3n) is 8.50. The smallest absolute Gasteiger partial charge is 0.268 e. The van der Waals surface area contributed by atoms with Crippen LogP contribution in [-0.4, -0.2) is 45.3 Å². The van der Waals surface area contributed by atoms with Crippen LogP contribution in [0.2, 0.25) is 0 Å². The maximum absolute atomic E-state index is 13.3. The van der Waals surface area contributed by atoms with Gasteiger partial charge in [0.2, 0.25) is 17.8 Å². The van der Waals surface area contributed by atoms with Crippen molar-refractivity contribution in [3.05, 3.63) is 53.9 Å². The molecule has 3 heterocycles. The molecular weight excluding hydrogens is 498 g/mol. The lowest BCUT2D eigenvalue weighted by molar-refractivity contribution is -0.126. The molecule has 2 aromatic heterocycles. The Morgan fingerprint density at radius 1 is 1.05 bits per heavy atom. The summed E-state index contributed by atoms with van der Waals surface area (Å²) >= 11 is 1.29. The van der Waals surface area contributed by atoms with Gasteiger partial charge < -0.3 is 14.8 Å². The topological polar surface area (TPSA) is 96.3 Å². The quantitative estimate of drug-likeness (QED) is 0.404. The van der Waals surface area contributed by atoms with Crippen LogP contribution in [0.25, 0.3) is 11.0 Å². The highest BCUT2D eigenvalue weighted by Crippen LogP contribution is 2.55. The number of hydrogen-bond acceptors (Lipinski definition) is 5. The van der Waals surface area contributed by atoms with Gasteiger partial charge in [-0.05, 0) is 67.9 Å².